The van der Waals surface area contributed by atoms with Crippen molar-refractivity contribution in [3.63, 3.8) is 0 Å². The van der Waals surface area contributed by atoms with Gasteiger partial charge in [0.25, 0.3) is 0 Å². The number of hydrogen-bond acceptors (Lipinski definition) is 2. The van der Waals surface area contributed by atoms with Gasteiger partial charge in [-0.25, -0.2) is 0 Å². The monoisotopic (exact) mass is 203 g/mol. The molecule has 15 heavy (non-hydrogen) atoms. The third-order valence-electron chi connectivity index (χ3n) is 2.16. The summed E-state index contributed by atoms with van der Waals surface area (Å²) in [5.41, 5.74) is 2.12. The van der Waals surface area contributed by atoms with Gasteiger partial charge < -0.3 is 5.32 Å². The summed E-state index contributed by atoms with van der Waals surface area (Å²) < 4.78 is 0. The molecule has 0 saturated carbocycles. The number of hydrogen-bond donors (Lipinski definition) is 1. The summed E-state index contributed by atoms with van der Waals surface area (Å²) in [6, 6.07) is 10.4. The second-order valence-corrected chi connectivity index (χ2v) is 3.71. The highest BCUT2D eigenvalue weighted by Gasteiger charge is 2.03. The van der Waals surface area contributed by atoms with Crippen LogP contribution in [0.4, 0.5) is 0 Å². The maximum atomic E-state index is 10.9. The lowest BCUT2D eigenvalue weighted by molar-refractivity contribution is -0.112. The summed E-state index contributed by atoms with van der Waals surface area (Å²) in [7, 11) is 0. The van der Waals surface area contributed by atoms with Crippen LogP contribution in [0.3, 0.4) is 0 Å². The van der Waals surface area contributed by atoms with Gasteiger partial charge in [-0.1, -0.05) is 30.3 Å². The van der Waals surface area contributed by atoms with Crippen LogP contribution in [0.5, 0.6) is 0 Å². The van der Waals surface area contributed by atoms with Crippen LogP contribution in [-0.4, -0.2) is 5.78 Å². The number of rotatable bonds is 4. The first-order valence-corrected chi connectivity index (χ1v) is 5.10. The van der Waals surface area contributed by atoms with Gasteiger partial charge in [-0.05, 0) is 32.4 Å². The molecule has 0 bridgehead atoms. The molecule has 0 heterocycles. The molecule has 0 aliphatic carbocycles. The number of allylic oxidation sites excluding steroid dienone is 2. The fraction of sp³-hybridized carbons (Fsp3) is 0.308. The third-order valence-corrected chi connectivity index (χ3v) is 2.16. The van der Waals surface area contributed by atoms with Gasteiger partial charge in [0.2, 0.25) is 0 Å². The maximum absolute atomic E-state index is 10.9. The smallest absolute Gasteiger partial charge is 0.154 e. The minimum atomic E-state index is 0.0697. The normalized spacial score (nSPS) is 13.4. The van der Waals surface area contributed by atoms with Crippen molar-refractivity contribution in [2.24, 2.45) is 0 Å². The summed E-state index contributed by atoms with van der Waals surface area (Å²) in [6.45, 7) is 5.53. The van der Waals surface area contributed by atoms with Crippen molar-refractivity contribution in [3.05, 3.63) is 47.7 Å². The predicted molar refractivity (Wildman–Crippen MR) is 62.4 cm³/mol. The van der Waals surface area contributed by atoms with Crippen molar-refractivity contribution in [2.45, 2.75) is 26.8 Å². The largest absolute Gasteiger partial charge is 0.382 e. The van der Waals surface area contributed by atoms with E-state index in [2.05, 4.69) is 24.4 Å². The highest BCUT2D eigenvalue weighted by Crippen LogP contribution is 2.12. The number of ketones is 1. The van der Waals surface area contributed by atoms with E-state index in [-0.39, 0.29) is 11.8 Å². The summed E-state index contributed by atoms with van der Waals surface area (Å²) in [5, 5.41) is 3.27. The number of carbonyl (C=O) groups is 1. The Balaban J connectivity index is 2.64. The third kappa shape index (κ3) is 3.98. The number of benzene rings is 1. The van der Waals surface area contributed by atoms with Crippen LogP contribution in [-0.2, 0) is 4.79 Å². The van der Waals surface area contributed by atoms with Crippen LogP contribution in [0, 0.1) is 0 Å². The molecule has 0 radical (unpaired) electrons. The standard InChI is InChI=1S/C13H17NO/c1-10(9-11(2)15)14-12(3)13-7-5-4-6-8-13/h4-9,12,14H,1-3H3/b10-9-/t12-/m1/s1. The highest BCUT2D eigenvalue weighted by atomic mass is 16.1. The van der Waals surface area contributed by atoms with Crippen LogP contribution in [0.2, 0.25) is 0 Å². The zero-order chi connectivity index (χ0) is 11.3. The van der Waals surface area contributed by atoms with Crippen molar-refractivity contribution in [1.29, 1.82) is 0 Å². The first kappa shape index (κ1) is 11.5. The molecule has 1 rings (SSSR count). The summed E-state index contributed by atoms with van der Waals surface area (Å²) in [6.07, 6.45) is 1.61. The van der Waals surface area contributed by atoms with Gasteiger partial charge in [-0.15, -0.1) is 0 Å². The van der Waals surface area contributed by atoms with E-state index in [4.69, 9.17) is 0 Å². The van der Waals surface area contributed by atoms with Crippen LogP contribution in [0.15, 0.2) is 42.1 Å². The van der Waals surface area contributed by atoms with Gasteiger partial charge in [-0.2, -0.15) is 0 Å². The Hall–Kier alpha value is -1.57. The zero-order valence-corrected chi connectivity index (χ0v) is 9.45. The van der Waals surface area contributed by atoms with Crippen molar-refractivity contribution in [1.82, 2.24) is 5.32 Å². The molecule has 0 unspecified atom stereocenters. The van der Waals surface area contributed by atoms with Crippen LogP contribution in [0.1, 0.15) is 32.4 Å². The van der Waals surface area contributed by atoms with Crippen LogP contribution in [0.25, 0.3) is 0 Å². The van der Waals surface area contributed by atoms with Gasteiger partial charge in [0.05, 0.1) is 0 Å². The van der Waals surface area contributed by atoms with Crippen molar-refractivity contribution < 1.29 is 4.79 Å². The van der Waals surface area contributed by atoms with Gasteiger partial charge in [0.1, 0.15) is 0 Å². The molecule has 1 atom stereocenters. The van der Waals surface area contributed by atoms with Crippen LogP contribution >= 0.6 is 0 Å². The molecule has 0 aromatic heterocycles. The lowest BCUT2D eigenvalue weighted by Gasteiger charge is -2.15. The van der Waals surface area contributed by atoms with Crippen molar-refractivity contribution >= 4 is 5.78 Å². The molecule has 1 aromatic carbocycles. The Morgan fingerprint density at radius 1 is 1.27 bits per heavy atom. The first-order valence-electron chi connectivity index (χ1n) is 5.10. The van der Waals surface area contributed by atoms with Crippen molar-refractivity contribution in [3.8, 4) is 0 Å². The molecule has 2 heteroatoms. The minimum absolute atomic E-state index is 0.0697. The predicted octanol–water partition coefficient (Wildman–Crippen LogP) is 2.83. The average molecular weight is 203 g/mol. The van der Waals surface area contributed by atoms with Gasteiger partial charge in [0, 0.05) is 11.7 Å². The van der Waals surface area contributed by atoms with Crippen molar-refractivity contribution in [2.75, 3.05) is 0 Å². The Bertz CT molecular complexity index is 354. The molecular formula is C13H17NO. The molecular weight excluding hydrogens is 186 g/mol. The second kappa shape index (κ2) is 5.35. The number of nitrogens with one attached hydrogen (secondary N) is 1. The summed E-state index contributed by atoms with van der Waals surface area (Å²) >= 11 is 0. The molecule has 1 N–H and O–H groups in total. The molecule has 1 aromatic rings. The Morgan fingerprint density at radius 3 is 2.40 bits per heavy atom. The summed E-state index contributed by atoms with van der Waals surface area (Å²) in [5.74, 6) is 0.0697. The average Bonchev–Trinajstić information content (AvgIpc) is 2.17. The summed E-state index contributed by atoms with van der Waals surface area (Å²) in [4.78, 5) is 10.9. The molecule has 0 fully saturated rings. The van der Waals surface area contributed by atoms with E-state index in [0.717, 1.165) is 5.70 Å². The number of carbonyl (C=O) groups excluding carboxylic acids is 1. The molecule has 0 aliphatic rings. The molecule has 80 valence electrons. The second-order valence-electron chi connectivity index (χ2n) is 3.71. The quantitative estimate of drug-likeness (QED) is 0.762. The molecule has 2 nitrogen and oxygen atoms in total. The highest BCUT2D eigenvalue weighted by molar-refractivity contribution is 5.87. The van der Waals surface area contributed by atoms with E-state index in [0.29, 0.717) is 0 Å². The van der Waals surface area contributed by atoms with E-state index >= 15 is 0 Å². The molecule has 0 saturated heterocycles. The first-order chi connectivity index (χ1) is 7.09. The fourth-order valence-corrected chi connectivity index (χ4v) is 1.51. The SMILES string of the molecule is CC(=O)/C=C(/C)N[C@H](C)c1ccccc1. The van der Waals surface area contributed by atoms with Gasteiger partial charge in [-0.3, -0.25) is 4.79 Å². The lowest BCUT2D eigenvalue weighted by Crippen LogP contribution is -2.16. The van der Waals surface area contributed by atoms with Gasteiger partial charge >= 0.3 is 0 Å². The Morgan fingerprint density at radius 2 is 1.87 bits per heavy atom. The topological polar surface area (TPSA) is 29.1 Å². The lowest BCUT2D eigenvalue weighted by atomic mass is 10.1. The fourth-order valence-electron chi connectivity index (χ4n) is 1.51. The molecule has 0 amide bonds. The van der Waals surface area contributed by atoms with E-state index < -0.39 is 0 Å². The Labute approximate surface area is 91.0 Å². The maximum Gasteiger partial charge on any atom is 0.154 e. The zero-order valence-electron chi connectivity index (χ0n) is 9.45. The van der Waals surface area contributed by atoms with E-state index in [1.165, 1.54) is 5.56 Å². The Kier molecular flexibility index (Phi) is 4.10. The van der Waals surface area contributed by atoms with E-state index in [9.17, 15) is 4.79 Å². The van der Waals surface area contributed by atoms with Gasteiger partial charge in [0.15, 0.2) is 5.78 Å². The van der Waals surface area contributed by atoms with Crippen LogP contribution < -0.4 is 5.32 Å². The van der Waals surface area contributed by atoms with E-state index in [1.807, 2.05) is 25.1 Å². The van der Waals surface area contributed by atoms with E-state index in [1.54, 1.807) is 13.0 Å². The molecule has 0 spiro atoms. The molecule has 0 aliphatic heterocycles. The minimum Gasteiger partial charge on any atom is -0.382 e.